The summed E-state index contributed by atoms with van der Waals surface area (Å²) in [6.45, 7) is 8.65. The minimum absolute atomic E-state index is 0.378. The van der Waals surface area contributed by atoms with E-state index in [1.165, 1.54) is 25.7 Å². The van der Waals surface area contributed by atoms with E-state index in [0.717, 1.165) is 64.8 Å². The third kappa shape index (κ3) is 12.6. The molecule has 1 rings (SSSR count). The number of rotatable bonds is 17. The molecule has 0 aromatic carbocycles. The van der Waals surface area contributed by atoms with Crippen LogP contribution in [0.4, 0.5) is 0 Å². The van der Waals surface area contributed by atoms with Crippen molar-refractivity contribution >= 4 is 9.28 Å². The molecule has 4 nitrogen and oxygen atoms in total. The largest absolute Gasteiger partial charge is 0.393 e. The third-order valence-corrected chi connectivity index (χ3v) is 5.46. The maximum atomic E-state index is 6.00. The van der Waals surface area contributed by atoms with Crippen molar-refractivity contribution in [2.75, 3.05) is 33.0 Å². The van der Waals surface area contributed by atoms with Crippen LogP contribution in [0.5, 0.6) is 0 Å². The van der Waals surface area contributed by atoms with Gasteiger partial charge in [-0.15, -0.1) is 0 Å². The normalized spacial score (nSPS) is 17.3. The van der Waals surface area contributed by atoms with Crippen molar-refractivity contribution in [3.63, 3.8) is 0 Å². The van der Waals surface area contributed by atoms with E-state index >= 15 is 0 Å². The van der Waals surface area contributed by atoms with Crippen molar-refractivity contribution in [1.82, 2.24) is 0 Å². The highest BCUT2D eigenvalue weighted by Gasteiger charge is 2.22. The van der Waals surface area contributed by atoms with E-state index in [4.69, 9.17) is 18.3 Å². The van der Waals surface area contributed by atoms with Crippen LogP contribution in [0.25, 0.3) is 0 Å². The van der Waals surface area contributed by atoms with E-state index in [9.17, 15) is 0 Å². The maximum absolute atomic E-state index is 6.00. The summed E-state index contributed by atoms with van der Waals surface area (Å²) in [6.07, 6.45) is 9.92. The molecule has 1 aliphatic heterocycles. The molecule has 131 valence electrons. The van der Waals surface area contributed by atoms with Gasteiger partial charge in [0.1, 0.15) is 6.10 Å². The van der Waals surface area contributed by atoms with Crippen LogP contribution in [0.15, 0.2) is 0 Å². The fraction of sp³-hybridized carbons (Fsp3) is 1.00. The molecule has 1 unspecified atom stereocenters. The molecule has 0 saturated carbocycles. The van der Waals surface area contributed by atoms with Gasteiger partial charge in [0.25, 0.3) is 0 Å². The first-order chi connectivity index (χ1) is 10.9. The van der Waals surface area contributed by atoms with Crippen molar-refractivity contribution in [2.45, 2.75) is 77.4 Å². The van der Waals surface area contributed by atoms with Gasteiger partial charge in [-0.3, -0.25) is 0 Å². The summed E-state index contributed by atoms with van der Waals surface area (Å²) in [4.78, 5) is 0. The van der Waals surface area contributed by atoms with Crippen molar-refractivity contribution in [3.8, 4) is 0 Å². The molecular weight excluding hydrogens is 296 g/mol. The Morgan fingerprint density at radius 3 is 2.00 bits per heavy atom. The highest BCUT2D eigenvalue weighted by Crippen LogP contribution is 2.10. The van der Waals surface area contributed by atoms with Crippen LogP contribution in [0.3, 0.4) is 0 Å². The van der Waals surface area contributed by atoms with Gasteiger partial charge >= 0.3 is 9.28 Å². The number of epoxide rings is 1. The molecule has 1 atom stereocenters. The van der Waals surface area contributed by atoms with Crippen molar-refractivity contribution in [3.05, 3.63) is 0 Å². The third-order valence-electron chi connectivity index (χ3n) is 3.65. The minimum Gasteiger partial charge on any atom is -0.393 e. The summed E-state index contributed by atoms with van der Waals surface area (Å²) in [5.41, 5.74) is 0. The Bertz CT molecular complexity index is 225. The number of hydrogen-bond donors (Lipinski definition) is 0. The summed E-state index contributed by atoms with van der Waals surface area (Å²) >= 11 is 0. The Balaban J connectivity index is 2.00. The number of hydrogen-bond acceptors (Lipinski definition) is 4. The second kappa shape index (κ2) is 14.6. The topological polar surface area (TPSA) is 40.2 Å². The highest BCUT2D eigenvalue weighted by atomic mass is 28.3. The molecule has 5 heteroatoms. The highest BCUT2D eigenvalue weighted by molar-refractivity contribution is 6.44. The Labute approximate surface area is 138 Å². The standard InChI is InChI=1S/C17H35O4Si/c1-3-5-7-12-20-22(21-13-8-6-4-2)14-10-9-11-18-15-17-16-19-17/h17H,3-16H2,1-2H3. The van der Waals surface area contributed by atoms with E-state index in [2.05, 4.69) is 13.8 Å². The quantitative estimate of drug-likeness (QED) is 0.229. The lowest BCUT2D eigenvalue weighted by Crippen LogP contribution is -2.24. The van der Waals surface area contributed by atoms with Gasteiger partial charge in [0.2, 0.25) is 0 Å². The average Bonchev–Trinajstić information content (AvgIpc) is 3.34. The first kappa shape index (κ1) is 20.1. The molecule has 1 radical (unpaired) electrons. The zero-order valence-corrected chi connectivity index (χ0v) is 15.6. The SMILES string of the molecule is CCCCCO[Si](CCCCOCC1CO1)OCCCCC. The molecule has 0 aromatic rings. The van der Waals surface area contributed by atoms with Crippen molar-refractivity contribution in [2.24, 2.45) is 0 Å². The second-order valence-corrected chi connectivity index (χ2v) is 7.79. The average molecular weight is 332 g/mol. The predicted molar refractivity (Wildman–Crippen MR) is 91.3 cm³/mol. The van der Waals surface area contributed by atoms with Crippen LogP contribution < -0.4 is 0 Å². The summed E-state index contributed by atoms with van der Waals surface area (Å²) in [5.74, 6) is 0. The zero-order chi connectivity index (χ0) is 15.9. The van der Waals surface area contributed by atoms with E-state index in [1.54, 1.807) is 0 Å². The van der Waals surface area contributed by atoms with Gasteiger partial charge in [0.05, 0.1) is 13.2 Å². The molecule has 1 heterocycles. The van der Waals surface area contributed by atoms with Crippen molar-refractivity contribution in [1.29, 1.82) is 0 Å². The molecule has 0 N–H and O–H groups in total. The zero-order valence-electron chi connectivity index (χ0n) is 14.6. The molecule has 1 saturated heterocycles. The van der Waals surface area contributed by atoms with Gasteiger partial charge in [0, 0.05) is 19.8 Å². The molecule has 0 spiro atoms. The Morgan fingerprint density at radius 1 is 0.864 bits per heavy atom. The van der Waals surface area contributed by atoms with Gasteiger partial charge in [-0.2, -0.15) is 0 Å². The van der Waals surface area contributed by atoms with Gasteiger partial charge in [-0.1, -0.05) is 39.5 Å². The molecule has 0 bridgehead atoms. The Morgan fingerprint density at radius 2 is 1.45 bits per heavy atom. The fourth-order valence-electron chi connectivity index (χ4n) is 2.11. The summed E-state index contributed by atoms with van der Waals surface area (Å²) in [5, 5.41) is 0. The lowest BCUT2D eigenvalue weighted by molar-refractivity contribution is 0.113. The molecule has 0 amide bonds. The fourth-order valence-corrected chi connectivity index (χ4v) is 3.77. The molecular formula is C17H35O4Si. The first-order valence-corrected chi connectivity index (χ1v) is 10.7. The van der Waals surface area contributed by atoms with E-state index in [-0.39, 0.29) is 0 Å². The van der Waals surface area contributed by atoms with E-state index in [1.807, 2.05) is 0 Å². The summed E-state index contributed by atoms with van der Waals surface area (Å²) < 4.78 is 22.7. The molecule has 22 heavy (non-hydrogen) atoms. The second-order valence-electron chi connectivity index (χ2n) is 5.97. The van der Waals surface area contributed by atoms with Crippen LogP contribution in [0.2, 0.25) is 6.04 Å². The van der Waals surface area contributed by atoms with Gasteiger partial charge in [-0.05, 0) is 31.7 Å². The van der Waals surface area contributed by atoms with Gasteiger partial charge in [-0.25, -0.2) is 0 Å². The lowest BCUT2D eigenvalue weighted by atomic mass is 10.3. The van der Waals surface area contributed by atoms with Gasteiger partial charge < -0.3 is 18.3 Å². The van der Waals surface area contributed by atoms with E-state index < -0.39 is 9.28 Å². The summed E-state index contributed by atoms with van der Waals surface area (Å²) in [7, 11) is -1.08. The maximum Gasteiger partial charge on any atom is 0.384 e. The monoisotopic (exact) mass is 331 g/mol. The Kier molecular flexibility index (Phi) is 13.4. The smallest absolute Gasteiger partial charge is 0.384 e. The predicted octanol–water partition coefficient (Wildman–Crippen LogP) is 4.08. The number of unbranched alkanes of at least 4 members (excludes halogenated alkanes) is 5. The number of ether oxygens (including phenoxy) is 2. The molecule has 0 aliphatic carbocycles. The van der Waals surface area contributed by atoms with Crippen molar-refractivity contribution < 1.29 is 18.3 Å². The minimum atomic E-state index is -1.08. The van der Waals surface area contributed by atoms with Crippen LogP contribution in [-0.4, -0.2) is 48.4 Å². The first-order valence-electron chi connectivity index (χ1n) is 9.17. The van der Waals surface area contributed by atoms with Crippen LogP contribution >= 0.6 is 0 Å². The van der Waals surface area contributed by atoms with E-state index in [0.29, 0.717) is 6.10 Å². The van der Waals surface area contributed by atoms with Crippen LogP contribution in [0, 0.1) is 0 Å². The van der Waals surface area contributed by atoms with Gasteiger partial charge in [0.15, 0.2) is 0 Å². The summed E-state index contributed by atoms with van der Waals surface area (Å²) in [6, 6.07) is 1.08. The molecule has 0 aromatic heterocycles. The molecule has 1 aliphatic rings. The molecule has 1 fully saturated rings. The van der Waals surface area contributed by atoms with Crippen LogP contribution in [-0.2, 0) is 18.3 Å². The Hall–Kier alpha value is 0.0569. The lowest BCUT2D eigenvalue weighted by Gasteiger charge is -2.15. The van der Waals surface area contributed by atoms with Crippen LogP contribution in [0.1, 0.15) is 65.2 Å².